The first-order chi connectivity index (χ1) is 14.2. The summed E-state index contributed by atoms with van der Waals surface area (Å²) in [6.45, 7) is 6.24. The van der Waals surface area contributed by atoms with Crippen LogP contribution in [0.15, 0.2) is 35.6 Å². The van der Waals surface area contributed by atoms with Crippen molar-refractivity contribution in [1.29, 1.82) is 0 Å². The summed E-state index contributed by atoms with van der Waals surface area (Å²) in [5, 5.41) is 6.46. The number of aromatic nitrogens is 2. The van der Waals surface area contributed by atoms with Gasteiger partial charge in [0.2, 0.25) is 0 Å². The van der Waals surface area contributed by atoms with E-state index in [-0.39, 0.29) is 29.8 Å². The molecule has 9 heteroatoms. The zero-order valence-electron chi connectivity index (χ0n) is 17.6. The molecule has 1 aliphatic heterocycles. The van der Waals surface area contributed by atoms with Gasteiger partial charge in [0.25, 0.3) is 0 Å². The Balaban J connectivity index is 0.00000320. The molecule has 7 nitrogen and oxygen atoms in total. The van der Waals surface area contributed by atoms with Gasteiger partial charge in [-0.25, -0.2) is 9.37 Å². The minimum atomic E-state index is -0.279. The molecule has 166 valence electrons. The second kappa shape index (κ2) is 12.9. The second-order valence-corrected chi connectivity index (χ2v) is 7.14. The molecule has 1 saturated heterocycles. The summed E-state index contributed by atoms with van der Waals surface area (Å²) in [6, 6.07) is 5.21. The molecule has 0 saturated carbocycles. The van der Waals surface area contributed by atoms with E-state index < -0.39 is 0 Å². The Bertz CT molecular complexity index is 808. The molecule has 1 atom stereocenters. The predicted molar refractivity (Wildman–Crippen MR) is 126 cm³/mol. The fourth-order valence-electron chi connectivity index (χ4n) is 3.24. The summed E-state index contributed by atoms with van der Waals surface area (Å²) in [7, 11) is 1.72. The van der Waals surface area contributed by atoms with Crippen molar-refractivity contribution in [3.05, 3.63) is 47.8 Å². The van der Waals surface area contributed by atoms with Gasteiger partial charge in [0.1, 0.15) is 11.6 Å². The maximum absolute atomic E-state index is 14.5. The molecule has 1 aromatic heterocycles. The van der Waals surface area contributed by atoms with Gasteiger partial charge in [-0.2, -0.15) is 0 Å². The second-order valence-electron chi connectivity index (χ2n) is 7.14. The average molecular weight is 531 g/mol. The highest BCUT2D eigenvalue weighted by atomic mass is 127. The molecule has 0 radical (unpaired) electrons. The van der Waals surface area contributed by atoms with E-state index in [1.54, 1.807) is 30.1 Å². The summed E-state index contributed by atoms with van der Waals surface area (Å²) in [4.78, 5) is 8.35. The first kappa shape index (κ1) is 24.5. The van der Waals surface area contributed by atoms with E-state index in [0.717, 1.165) is 50.6 Å². The molecule has 2 heterocycles. The molecule has 1 unspecified atom stereocenters. The van der Waals surface area contributed by atoms with Gasteiger partial charge < -0.3 is 24.7 Å². The number of ether oxygens (including phenoxy) is 2. The Morgan fingerprint density at radius 3 is 2.93 bits per heavy atom. The Hall–Kier alpha value is -1.72. The summed E-state index contributed by atoms with van der Waals surface area (Å²) in [5.41, 5.74) is 1.34. The lowest BCUT2D eigenvalue weighted by molar-refractivity contribution is 0.0888. The van der Waals surface area contributed by atoms with Gasteiger partial charge in [0.15, 0.2) is 5.96 Å². The molecule has 2 N–H and O–H groups in total. The van der Waals surface area contributed by atoms with Crippen molar-refractivity contribution in [2.45, 2.75) is 26.3 Å². The normalized spacial score (nSPS) is 16.4. The lowest BCUT2D eigenvalue weighted by Crippen LogP contribution is -2.37. The molecular formula is C21H31FIN5O2. The van der Waals surface area contributed by atoms with Crippen molar-refractivity contribution in [2.24, 2.45) is 10.9 Å². The van der Waals surface area contributed by atoms with Crippen LogP contribution >= 0.6 is 24.0 Å². The zero-order valence-corrected chi connectivity index (χ0v) is 19.9. The van der Waals surface area contributed by atoms with E-state index in [9.17, 15) is 4.39 Å². The predicted octanol–water partition coefficient (Wildman–Crippen LogP) is 3.05. The quantitative estimate of drug-likeness (QED) is 0.225. The molecule has 1 aromatic carbocycles. The number of aryl methyl sites for hydroxylation is 1. The maximum atomic E-state index is 14.5. The number of hydrogen-bond donors (Lipinski definition) is 2. The molecule has 2 aromatic rings. The monoisotopic (exact) mass is 531 g/mol. The van der Waals surface area contributed by atoms with Crippen LogP contribution in [0.2, 0.25) is 0 Å². The lowest BCUT2D eigenvalue weighted by atomic mass is 10.1. The number of benzene rings is 1. The number of imidazole rings is 1. The number of nitrogens with one attached hydrogen (secondary N) is 2. The van der Waals surface area contributed by atoms with Crippen molar-refractivity contribution < 1.29 is 13.9 Å². The molecule has 0 amide bonds. The number of rotatable bonds is 9. The van der Waals surface area contributed by atoms with Gasteiger partial charge in [-0.05, 0) is 37.5 Å². The summed E-state index contributed by atoms with van der Waals surface area (Å²) < 4.78 is 27.3. The van der Waals surface area contributed by atoms with E-state index >= 15 is 0 Å². The highest BCUT2D eigenvalue weighted by molar-refractivity contribution is 14.0. The molecule has 3 rings (SSSR count). The third kappa shape index (κ3) is 7.21. The molecular weight excluding hydrogens is 500 g/mol. The largest absolute Gasteiger partial charge is 0.381 e. The summed E-state index contributed by atoms with van der Waals surface area (Å²) >= 11 is 0. The molecule has 0 aliphatic carbocycles. The minimum Gasteiger partial charge on any atom is -0.381 e. The summed E-state index contributed by atoms with van der Waals surface area (Å²) in [6.07, 6.45) is 5.40. The van der Waals surface area contributed by atoms with E-state index in [4.69, 9.17) is 9.47 Å². The van der Waals surface area contributed by atoms with Crippen molar-refractivity contribution in [1.82, 2.24) is 20.2 Å². The van der Waals surface area contributed by atoms with E-state index in [1.165, 1.54) is 6.07 Å². The highest BCUT2D eigenvalue weighted by Gasteiger charge is 2.15. The fraction of sp³-hybridized carbons (Fsp3) is 0.524. The van der Waals surface area contributed by atoms with Gasteiger partial charge in [-0.15, -0.1) is 24.0 Å². The Morgan fingerprint density at radius 2 is 2.27 bits per heavy atom. The van der Waals surface area contributed by atoms with Crippen LogP contribution in [-0.2, 0) is 16.0 Å². The van der Waals surface area contributed by atoms with Gasteiger partial charge in [-0.1, -0.05) is 6.07 Å². The Labute approximate surface area is 194 Å². The smallest absolute Gasteiger partial charge is 0.191 e. The van der Waals surface area contributed by atoms with Gasteiger partial charge in [-0.3, -0.25) is 4.99 Å². The Morgan fingerprint density at radius 1 is 1.40 bits per heavy atom. The van der Waals surface area contributed by atoms with Crippen LogP contribution in [0.3, 0.4) is 0 Å². The molecule has 1 aliphatic rings. The molecule has 0 bridgehead atoms. The fourth-order valence-corrected chi connectivity index (χ4v) is 3.24. The topological polar surface area (TPSA) is 72.7 Å². The number of nitrogens with zero attached hydrogens (tertiary/aromatic N) is 3. The standard InChI is InChI=1S/C21H30FN5O2.HI/c1-16-24-8-9-27(16)20-5-4-17(12-19(20)22)13-26-21(23-2)25-7-3-10-28-14-18-6-11-29-15-18;/h4-5,8-9,12,18H,3,6-7,10-11,13-15H2,1-2H3,(H2,23,25,26);1H. The molecule has 1 fully saturated rings. The van der Waals surface area contributed by atoms with E-state index in [0.29, 0.717) is 30.7 Å². The van der Waals surface area contributed by atoms with Crippen LogP contribution < -0.4 is 10.6 Å². The number of halogens is 2. The van der Waals surface area contributed by atoms with Crippen molar-refractivity contribution >= 4 is 29.9 Å². The van der Waals surface area contributed by atoms with E-state index in [2.05, 4.69) is 20.6 Å². The van der Waals surface area contributed by atoms with Crippen molar-refractivity contribution in [3.8, 4) is 5.69 Å². The number of guanidine groups is 1. The first-order valence-corrected chi connectivity index (χ1v) is 10.1. The van der Waals surface area contributed by atoms with Crippen LogP contribution in [0.25, 0.3) is 5.69 Å². The van der Waals surface area contributed by atoms with Crippen molar-refractivity contribution in [2.75, 3.05) is 40.0 Å². The van der Waals surface area contributed by atoms with Crippen LogP contribution in [0.1, 0.15) is 24.2 Å². The average Bonchev–Trinajstić information content (AvgIpc) is 3.39. The maximum Gasteiger partial charge on any atom is 0.191 e. The Kier molecular flexibility index (Phi) is 10.5. The minimum absolute atomic E-state index is 0. The van der Waals surface area contributed by atoms with Gasteiger partial charge in [0.05, 0.1) is 18.9 Å². The van der Waals surface area contributed by atoms with Crippen LogP contribution in [-0.4, -0.2) is 55.5 Å². The van der Waals surface area contributed by atoms with Crippen molar-refractivity contribution in [3.63, 3.8) is 0 Å². The van der Waals surface area contributed by atoms with Gasteiger partial charge >= 0.3 is 0 Å². The van der Waals surface area contributed by atoms with Gasteiger partial charge in [0, 0.05) is 51.7 Å². The first-order valence-electron chi connectivity index (χ1n) is 10.1. The zero-order chi connectivity index (χ0) is 20.5. The van der Waals surface area contributed by atoms with Crippen LogP contribution in [0.5, 0.6) is 0 Å². The molecule has 0 spiro atoms. The van der Waals surface area contributed by atoms with Crippen LogP contribution in [0.4, 0.5) is 4.39 Å². The molecule has 30 heavy (non-hydrogen) atoms. The number of hydrogen-bond acceptors (Lipinski definition) is 4. The highest BCUT2D eigenvalue weighted by Crippen LogP contribution is 2.16. The number of aliphatic imine (C=N–C) groups is 1. The van der Waals surface area contributed by atoms with Crippen LogP contribution in [0, 0.1) is 18.7 Å². The summed E-state index contributed by atoms with van der Waals surface area (Å²) in [5.74, 6) is 1.70. The van der Waals surface area contributed by atoms with E-state index in [1.807, 2.05) is 13.0 Å². The third-order valence-electron chi connectivity index (χ3n) is 4.92. The third-order valence-corrected chi connectivity index (χ3v) is 4.92. The lowest BCUT2D eigenvalue weighted by Gasteiger charge is -2.13. The SMILES string of the molecule is CN=C(NCCCOCC1CCOC1)NCc1ccc(-n2ccnc2C)c(F)c1.I.